The van der Waals surface area contributed by atoms with Crippen LogP contribution >= 0.6 is 0 Å². The molecule has 1 heterocycles. The fourth-order valence-corrected chi connectivity index (χ4v) is 3.16. The highest BCUT2D eigenvalue weighted by Crippen LogP contribution is 2.26. The van der Waals surface area contributed by atoms with Crippen molar-refractivity contribution in [2.45, 2.75) is 32.2 Å². The number of piperidine rings is 1. The second kappa shape index (κ2) is 7.34. The van der Waals surface area contributed by atoms with Crippen LogP contribution in [0.4, 0.5) is 17.1 Å². The molecule has 6 nitrogen and oxygen atoms in total. The maximum absolute atomic E-state index is 12.2. The zero-order chi connectivity index (χ0) is 17.8. The smallest absolute Gasteiger partial charge is 0.269 e. The van der Waals surface area contributed by atoms with Crippen LogP contribution in [0.3, 0.4) is 0 Å². The van der Waals surface area contributed by atoms with Crippen molar-refractivity contribution in [2.24, 2.45) is 0 Å². The van der Waals surface area contributed by atoms with E-state index in [9.17, 15) is 14.9 Å². The van der Waals surface area contributed by atoms with Crippen molar-refractivity contribution in [1.29, 1.82) is 0 Å². The number of nitro benzene ring substituents is 1. The molecule has 0 spiro atoms. The van der Waals surface area contributed by atoms with E-state index >= 15 is 0 Å². The van der Waals surface area contributed by atoms with E-state index in [1.807, 2.05) is 24.3 Å². The van der Waals surface area contributed by atoms with Crippen LogP contribution in [0.2, 0.25) is 0 Å². The number of hydrogen-bond acceptors (Lipinski definition) is 4. The number of rotatable bonds is 4. The highest BCUT2D eigenvalue weighted by Gasteiger charge is 2.18. The van der Waals surface area contributed by atoms with Gasteiger partial charge >= 0.3 is 0 Å². The first-order valence-electron chi connectivity index (χ1n) is 8.47. The molecule has 25 heavy (non-hydrogen) atoms. The van der Waals surface area contributed by atoms with Gasteiger partial charge in [-0.25, -0.2) is 0 Å². The number of nitrogens with zero attached hydrogens (tertiary/aromatic N) is 2. The number of carbonyl (C=O) groups is 1. The van der Waals surface area contributed by atoms with E-state index in [2.05, 4.69) is 17.1 Å². The maximum atomic E-state index is 12.2. The van der Waals surface area contributed by atoms with Gasteiger partial charge in [0.2, 0.25) is 0 Å². The van der Waals surface area contributed by atoms with E-state index in [4.69, 9.17) is 0 Å². The fourth-order valence-electron chi connectivity index (χ4n) is 3.16. The minimum atomic E-state index is -0.484. The van der Waals surface area contributed by atoms with Gasteiger partial charge in [-0.1, -0.05) is 0 Å². The number of anilines is 2. The van der Waals surface area contributed by atoms with Gasteiger partial charge in [0.25, 0.3) is 11.6 Å². The monoisotopic (exact) mass is 339 g/mol. The lowest BCUT2D eigenvalue weighted by Gasteiger charge is -2.35. The van der Waals surface area contributed by atoms with Crippen molar-refractivity contribution in [2.75, 3.05) is 16.8 Å². The average molecular weight is 339 g/mol. The van der Waals surface area contributed by atoms with Crippen LogP contribution in [0.5, 0.6) is 0 Å². The minimum Gasteiger partial charge on any atom is -0.369 e. The summed E-state index contributed by atoms with van der Waals surface area (Å²) in [5.74, 6) is -0.283. The molecule has 1 N–H and O–H groups in total. The van der Waals surface area contributed by atoms with Crippen LogP contribution in [0.1, 0.15) is 36.5 Å². The van der Waals surface area contributed by atoms with Crippen LogP contribution in [0, 0.1) is 10.1 Å². The number of carbonyl (C=O) groups excluding carboxylic acids is 1. The topological polar surface area (TPSA) is 75.5 Å². The molecular formula is C19H21N3O3. The molecule has 1 fully saturated rings. The molecule has 6 heteroatoms. The molecule has 0 radical (unpaired) electrons. The quantitative estimate of drug-likeness (QED) is 0.668. The Kier molecular flexibility index (Phi) is 4.97. The Balaban J connectivity index is 1.66. The van der Waals surface area contributed by atoms with Crippen molar-refractivity contribution >= 4 is 23.0 Å². The Morgan fingerprint density at radius 3 is 2.40 bits per heavy atom. The standard InChI is InChI=1S/C19H21N3O3/c1-14-4-2-3-13-21(14)17-11-7-16(8-12-17)20-19(23)15-5-9-18(10-6-15)22(24)25/h5-12,14H,2-4,13H2,1H3,(H,20,23). The predicted octanol–water partition coefficient (Wildman–Crippen LogP) is 4.23. The van der Waals surface area contributed by atoms with E-state index < -0.39 is 4.92 Å². The first kappa shape index (κ1) is 17.0. The number of nitro groups is 1. The summed E-state index contributed by atoms with van der Waals surface area (Å²) >= 11 is 0. The Hall–Kier alpha value is -2.89. The molecule has 1 unspecified atom stereocenters. The molecule has 3 rings (SSSR count). The van der Waals surface area contributed by atoms with E-state index in [1.54, 1.807) is 0 Å². The molecule has 0 bridgehead atoms. The summed E-state index contributed by atoms with van der Waals surface area (Å²) in [6.45, 7) is 3.30. The third-order valence-corrected chi connectivity index (χ3v) is 4.60. The molecule has 1 atom stereocenters. The lowest BCUT2D eigenvalue weighted by Crippen LogP contribution is -2.37. The number of nitrogens with one attached hydrogen (secondary N) is 1. The van der Waals surface area contributed by atoms with Gasteiger partial charge in [-0.05, 0) is 62.6 Å². The third kappa shape index (κ3) is 3.96. The summed E-state index contributed by atoms with van der Waals surface area (Å²) in [5, 5.41) is 13.5. The molecule has 2 aromatic rings. The molecule has 0 aromatic heterocycles. The largest absolute Gasteiger partial charge is 0.369 e. The third-order valence-electron chi connectivity index (χ3n) is 4.60. The fraction of sp³-hybridized carbons (Fsp3) is 0.316. The lowest BCUT2D eigenvalue weighted by molar-refractivity contribution is -0.384. The highest BCUT2D eigenvalue weighted by molar-refractivity contribution is 6.04. The summed E-state index contributed by atoms with van der Waals surface area (Å²) in [4.78, 5) is 24.8. The van der Waals surface area contributed by atoms with Gasteiger partial charge in [-0.15, -0.1) is 0 Å². The summed E-state index contributed by atoms with van der Waals surface area (Å²) in [5.41, 5.74) is 2.23. The normalized spacial score (nSPS) is 17.2. The van der Waals surface area contributed by atoms with Gasteiger partial charge in [-0.2, -0.15) is 0 Å². The molecule has 0 saturated carbocycles. The van der Waals surface area contributed by atoms with Crippen LogP contribution in [0.25, 0.3) is 0 Å². The molecule has 130 valence electrons. The van der Waals surface area contributed by atoms with Crippen molar-refractivity contribution in [1.82, 2.24) is 0 Å². The highest BCUT2D eigenvalue weighted by atomic mass is 16.6. The summed E-state index contributed by atoms with van der Waals surface area (Å²) in [6.07, 6.45) is 3.70. The van der Waals surface area contributed by atoms with Crippen molar-refractivity contribution in [3.63, 3.8) is 0 Å². The van der Waals surface area contributed by atoms with E-state index in [0.29, 0.717) is 17.3 Å². The number of non-ortho nitro benzene ring substituents is 1. The molecule has 1 saturated heterocycles. The van der Waals surface area contributed by atoms with Gasteiger partial charge in [0.1, 0.15) is 0 Å². The Morgan fingerprint density at radius 2 is 1.80 bits per heavy atom. The van der Waals surface area contributed by atoms with Crippen molar-refractivity contribution in [3.05, 3.63) is 64.2 Å². The minimum absolute atomic E-state index is 0.0310. The second-order valence-corrected chi connectivity index (χ2v) is 6.34. The number of amides is 1. The van der Waals surface area contributed by atoms with E-state index in [1.165, 1.54) is 49.2 Å². The van der Waals surface area contributed by atoms with Gasteiger partial charge in [0.15, 0.2) is 0 Å². The molecule has 1 amide bonds. The van der Waals surface area contributed by atoms with Crippen molar-refractivity contribution in [3.8, 4) is 0 Å². The predicted molar refractivity (Wildman–Crippen MR) is 98.2 cm³/mol. The zero-order valence-corrected chi connectivity index (χ0v) is 14.1. The molecular weight excluding hydrogens is 318 g/mol. The van der Waals surface area contributed by atoms with Crippen LogP contribution < -0.4 is 10.2 Å². The van der Waals surface area contributed by atoms with Gasteiger partial charge in [-0.3, -0.25) is 14.9 Å². The molecule has 2 aromatic carbocycles. The van der Waals surface area contributed by atoms with E-state index in [0.717, 1.165) is 6.54 Å². The summed E-state index contributed by atoms with van der Waals surface area (Å²) in [6, 6.07) is 13.9. The van der Waals surface area contributed by atoms with Crippen LogP contribution in [-0.2, 0) is 0 Å². The first-order valence-corrected chi connectivity index (χ1v) is 8.47. The summed E-state index contributed by atoms with van der Waals surface area (Å²) < 4.78 is 0. The SMILES string of the molecule is CC1CCCCN1c1ccc(NC(=O)c2ccc([N+](=O)[O-])cc2)cc1. The zero-order valence-electron chi connectivity index (χ0n) is 14.1. The number of hydrogen-bond donors (Lipinski definition) is 1. The lowest BCUT2D eigenvalue weighted by atomic mass is 10.0. The average Bonchev–Trinajstić information content (AvgIpc) is 2.63. The van der Waals surface area contributed by atoms with Gasteiger partial charge in [0.05, 0.1) is 4.92 Å². The Labute approximate surface area is 146 Å². The Morgan fingerprint density at radius 1 is 1.12 bits per heavy atom. The Bertz CT molecular complexity index is 756. The first-order chi connectivity index (χ1) is 12.0. The van der Waals surface area contributed by atoms with Gasteiger partial charge in [0, 0.05) is 41.7 Å². The van der Waals surface area contributed by atoms with Crippen molar-refractivity contribution < 1.29 is 9.72 Å². The maximum Gasteiger partial charge on any atom is 0.269 e. The second-order valence-electron chi connectivity index (χ2n) is 6.34. The van der Waals surface area contributed by atoms with Crippen LogP contribution in [-0.4, -0.2) is 23.4 Å². The molecule has 1 aliphatic heterocycles. The number of benzene rings is 2. The van der Waals surface area contributed by atoms with Crippen LogP contribution in [0.15, 0.2) is 48.5 Å². The molecule has 0 aliphatic carbocycles. The van der Waals surface area contributed by atoms with Gasteiger partial charge < -0.3 is 10.2 Å². The summed E-state index contributed by atoms with van der Waals surface area (Å²) in [7, 11) is 0. The van der Waals surface area contributed by atoms with E-state index in [-0.39, 0.29) is 11.6 Å². The molecule has 1 aliphatic rings.